The lowest BCUT2D eigenvalue weighted by Gasteiger charge is -2.23. The first-order chi connectivity index (χ1) is 21.2. The number of halogens is 1. The lowest BCUT2D eigenvalue weighted by Crippen LogP contribution is -2.29. The second-order valence-electron chi connectivity index (χ2n) is 10.4. The van der Waals surface area contributed by atoms with Gasteiger partial charge in [0.25, 0.3) is 5.78 Å². The van der Waals surface area contributed by atoms with Crippen LogP contribution in [0.5, 0.6) is 11.5 Å². The highest BCUT2D eigenvalue weighted by Crippen LogP contribution is 2.46. The summed E-state index contributed by atoms with van der Waals surface area (Å²) in [5, 5.41) is 20.4. The number of unbranched alkanes of at least 4 members (excludes halogenated alkanes) is 1. The first kappa shape index (κ1) is 31.2. The number of ether oxygens (including phenoxy) is 2. The van der Waals surface area contributed by atoms with Gasteiger partial charge in [0.1, 0.15) is 11.6 Å². The number of hydrogen-bond donors (Lipinski definition) is 1. The summed E-state index contributed by atoms with van der Waals surface area (Å²) in [7, 11) is 1.52. The van der Waals surface area contributed by atoms with Gasteiger partial charge in [-0.25, -0.2) is 4.39 Å². The summed E-state index contributed by atoms with van der Waals surface area (Å²) >= 11 is 2.54. The predicted octanol–water partition coefficient (Wildman–Crippen LogP) is 7.40. The third-order valence-electron chi connectivity index (χ3n) is 7.23. The van der Waals surface area contributed by atoms with Crippen LogP contribution in [0.1, 0.15) is 53.6 Å². The van der Waals surface area contributed by atoms with Gasteiger partial charge in [-0.05, 0) is 67.3 Å². The molecule has 0 bridgehead atoms. The Kier molecular flexibility index (Phi) is 9.65. The van der Waals surface area contributed by atoms with Gasteiger partial charge in [-0.15, -0.1) is 10.2 Å². The Morgan fingerprint density at radius 2 is 1.82 bits per heavy atom. The number of carbonyl (C=O) groups is 2. The minimum absolute atomic E-state index is 0.0545. The number of rotatable bonds is 11. The molecule has 8 nitrogen and oxygen atoms in total. The van der Waals surface area contributed by atoms with E-state index in [4.69, 9.17) is 9.47 Å². The third-order valence-corrected chi connectivity index (χ3v) is 9.36. The third kappa shape index (κ3) is 6.48. The van der Waals surface area contributed by atoms with Crippen LogP contribution in [0.25, 0.3) is 5.76 Å². The van der Waals surface area contributed by atoms with Gasteiger partial charge < -0.3 is 14.6 Å². The van der Waals surface area contributed by atoms with Crippen molar-refractivity contribution >= 4 is 45.7 Å². The van der Waals surface area contributed by atoms with Crippen LogP contribution in [0.15, 0.2) is 70.6 Å². The lowest BCUT2D eigenvalue weighted by atomic mass is 9.93. The molecule has 228 valence electrons. The van der Waals surface area contributed by atoms with E-state index in [1.54, 1.807) is 36.4 Å². The molecule has 2 heterocycles. The molecule has 1 fully saturated rings. The number of amides is 1. The molecule has 1 aliphatic rings. The molecule has 11 heteroatoms. The van der Waals surface area contributed by atoms with E-state index in [1.165, 1.54) is 35.9 Å². The number of aromatic nitrogens is 2. The number of aryl methyl sites for hydroxylation is 2. The van der Waals surface area contributed by atoms with Crippen molar-refractivity contribution in [2.24, 2.45) is 0 Å². The molecule has 0 aliphatic carbocycles. The Morgan fingerprint density at radius 1 is 1.05 bits per heavy atom. The second kappa shape index (κ2) is 13.6. The van der Waals surface area contributed by atoms with Crippen LogP contribution in [-0.4, -0.2) is 40.7 Å². The van der Waals surface area contributed by atoms with Crippen molar-refractivity contribution < 1.29 is 28.6 Å². The topological polar surface area (TPSA) is 102 Å². The molecule has 1 atom stereocenters. The number of thioether (sulfide) groups is 1. The van der Waals surface area contributed by atoms with E-state index >= 15 is 0 Å². The molecule has 5 rings (SSSR count). The van der Waals surface area contributed by atoms with Gasteiger partial charge in [-0.3, -0.25) is 14.5 Å². The van der Waals surface area contributed by atoms with Crippen LogP contribution in [0.2, 0.25) is 0 Å². The Labute approximate surface area is 263 Å². The number of hydrogen-bond acceptors (Lipinski definition) is 9. The van der Waals surface area contributed by atoms with E-state index in [9.17, 15) is 19.1 Å². The largest absolute Gasteiger partial charge is 0.507 e. The molecule has 0 spiro atoms. The SMILES string of the molecule is CCCCOc1ccc(C2C(=C(O)c3cc(C)ccc3C)C(=O)C(=O)N2c2nnc(SCc3ccc(F)cc3)s2)cc1OC. The molecular formula is C33H32FN3O5S2. The molecule has 0 saturated carbocycles. The molecule has 1 unspecified atom stereocenters. The number of anilines is 1. The average molecular weight is 634 g/mol. The summed E-state index contributed by atoms with van der Waals surface area (Å²) in [5.74, 6) is -0.752. The lowest BCUT2D eigenvalue weighted by molar-refractivity contribution is -0.132. The molecule has 4 aromatic rings. The summed E-state index contributed by atoms with van der Waals surface area (Å²) in [6, 6.07) is 15.9. The molecule has 3 aromatic carbocycles. The van der Waals surface area contributed by atoms with Gasteiger partial charge in [0.05, 0.1) is 25.3 Å². The van der Waals surface area contributed by atoms with Crippen LogP contribution in [-0.2, 0) is 15.3 Å². The zero-order chi connectivity index (χ0) is 31.4. The molecular weight excluding hydrogens is 602 g/mol. The Hall–Kier alpha value is -4.22. The fourth-order valence-electron chi connectivity index (χ4n) is 4.87. The Bertz CT molecular complexity index is 1720. The number of methoxy groups -OCH3 is 1. The van der Waals surface area contributed by atoms with Gasteiger partial charge in [-0.1, -0.05) is 72.3 Å². The van der Waals surface area contributed by atoms with Crippen molar-refractivity contribution in [1.82, 2.24) is 10.2 Å². The summed E-state index contributed by atoms with van der Waals surface area (Å²) in [6.07, 6.45) is 1.85. The summed E-state index contributed by atoms with van der Waals surface area (Å²) in [6.45, 7) is 6.31. The van der Waals surface area contributed by atoms with Gasteiger partial charge in [0, 0.05) is 11.3 Å². The number of nitrogens with zero attached hydrogens (tertiary/aromatic N) is 3. The fourth-order valence-corrected chi connectivity index (χ4v) is 6.69. The maximum absolute atomic E-state index is 13.7. The first-order valence-corrected chi connectivity index (χ1v) is 15.9. The van der Waals surface area contributed by atoms with Crippen molar-refractivity contribution in [1.29, 1.82) is 0 Å². The molecule has 1 amide bonds. The predicted molar refractivity (Wildman–Crippen MR) is 170 cm³/mol. The Morgan fingerprint density at radius 3 is 2.55 bits per heavy atom. The zero-order valence-corrected chi connectivity index (χ0v) is 26.4. The van der Waals surface area contributed by atoms with Gasteiger partial charge in [-0.2, -0.15) is 0 Å². The van der Waals surface area contributed by atoms with E-state index in [0.29, 0.717) is 39.3 Å². The number of carbonyl (C=O) groups excluding carboxylic acids is 2. The number of Topliss-reactive ketones (excluding diaryl/α,β-unsaturated/α-hetero) is 1. The van der Waals surface area contributed by atoms with Crippen LogP contribution in [0.3, 0.4) is 0 Å². The number of ketones is 1. The highest BCUT2D eigenvalue weighted by Gasteiger charge is 2.48. The van der Waals surface area contributed by atoms with E-state index in [1.807, 2.05) is 26.0 Å². The van der Waals surface area contributed by atoms with E-state index < -0.39 is 17.7 Å². The monoisotopic (exact) mass is 633 g/mol. The highest BCUT2D eigenvalue weighted by atomic mass is 32.2. The number of aliphatic hydroxyl groups excluding tert-OH is 1. The standard InChI is InChI=1S/C33H32FN3O5S2/c1-5-6-15-42-25-14-11-22(17-26(25)41-4)28-27(29(38)24-16-19(2)7-8-20(24)3)30(39)31(40)37(28)32-35-36-33(44-32)43-18-21-9-12-23(34)13-10-21/h7-14,16-17,28,38H,5-6,15,18H2,1-4H3. The van der Waals surface area contributed by atoms with Gasteiger partial charge >= 0.3 is 5.91 Å². The maximum atomic E-state index is 13.7. The van der Waals surface area contributed by atoms with Crippen molar-refractivity contribution in [3.05, 3.63) is 99.9 Å². The quantitative estimate of drug-likeness (QED) is 0.0455. The maximum Gasteiger partial charge on any atom is 0.301 e. The summed E-state index contributed by atoms with van der Waals surface area (Å²) in [5.41, 5.74) is 3.49. The summed E-state index contributed by atoms with van der Waals surface area (Å²) < 4.78 is 25.4. The summed E-state index contributed by atoms with van der Waals surface area (Å²) in [4.78, 5) is 28.6. The first-order valence-electron chi connectivity index (χ1n) is 14.1. The Balaban J connectivity index is 1.58. The van der Waals surface area contributed by atoms with Crippen LogP contribution >= 0.6 is 23.1 Å². The van der Waals surface area contributed by atoms with Crippen LogP contribution < -0.4 is 14.4 Å². The highest BCUT2D eigenvalue weighted by molar-refractivity contribution is 8.00. The molecule has 1 N–H and O–H groups in total. The smallest absolute Gasteiger partial charge is 0.301 e. The molecule has 44 heavy (non-hydrogen) atoms. The number of aliphatic hydroxyl groups is 1. The van der Waals surface area contributed by atoms with Crippen LogP contribution in [0.4, 0.5) is 9.52 Å². The van der Waals surface area contributed by atoms with Gasteiger partial charge in [0.2, 0.25) is 5.13 Å². The minimum Gasteiger partial charge on any atom is -0.507 e. The van der Waals surface area contributed by atoms with E-state index in [0.717, 1.165) is 40.9 Å². The number of benzene rings is 3. The van der Waals surface area contributed by atoms with Crippen molar-refractivity contribution in [3.8, 4) is 11.5 Å². The van der Waals surface area contributed by atoms with Crippen molar-refractivity contribution in [2.75, 3.05) is 18.6 Å². The normalized spacial score (nSPS) is 16.0. The minimum atomic E-state index is -1.00. The van der Waals surface area contributed by atoms with E-state index in [2.05, 4.69) is 17.1 Å². The fraction of sp³-hybridized carbons (Fsp3) is 0.273. The van der Waals surface area contributed by atoms with Gasteiger partial charge in [0.15, 0.2) is 15.8 Å². The van der Waals surface area contributed by atoms with E-state index in [-0.39, 0.29) is 22.3 Å². The average Bonchev–Trinajstić information content (AvgIpc) is 3.59. The van der Waals surface area contributed by atoms with Crippen LogP contribution in [0, 0.1) is 19.7 Å². The zero-order valence-electron chi connectivity index (χ0n) is 24.8. The van der Waals surface area contributed by atoms with Crippen molar-refractivity contribution in [2.45, 2.75) is 49.7 Å². The second-order valence-corrected chi connectivity index (χ2v) is 12.5. The molecule has 1 aliphatic heterocycles. The molecule has 1 saturated heterocycles. The van der Waals surface area contributed by atoms with Crippen molar-refractivity contribution in [3.63, 3.8) is 0 Å². The molecule has 1 aromatic heterocycles. The molecule has 0 radical (unpaired) electrons.